The normalized spacial score (nSPS) is 10.8. The summed E-state index contributed by atoms with van der Waals surface area (Å²) >= 11 is 0. The van der Waals surface area contributed by atoms with Crippen LogP contribution in [0, 0.1) is 0 Å². The zero-order chi connectivity index (χ0) is 12.3. The average molecular weight is 233 g/mol. The maximum atomic E-state index is 3.11. The van der Waals surface area contributed by atoms with Crippen LogP contribution in [-0.4, -0.2) is 30.6 Å². The molecule has 1 N–H and O–H groups in total. The zero-order valence-corrected chi connectivity index (χ0v) is 12.8. The van der Waals surface area contributed by atoms with Crippen LogP contribution in [0.15, 0.2) is 0 Å². The summed E-state index contributed by atoms with van der Waals surface area (Å²) in [4.78, 5) is 0. The van der Waals surface area contributed by atoms with E-state index in [1.807, 2.05) is 0 Å². The van der Waals surface area contributed by atoms with E-state index in [2.05, 4.69) is 53.8 Å². The fourth-order valence-electron chi connectivity index (χ4n) is 1.62. The average Bonchev–Trinajstić information content (AvgIpc) is 2.15. The van der Waals surface area contributed by atoms with Crippen molar-refractivity contribution >= 4 is 7.92 Å². The third kappa shape index (κ3) is 12.3. The van der Waals surface area contributed by atoms with Crippen molar-refractivity contribution in [3.63, 3.8) is 0 Å². The molecule has 0 aromatic carbocycles. The highest BCUT2D eigenvalue weighted by Crippen LogP contribution is 2.45. The summed E-state index contributed by atoms with van der Waals surface area (Å²) in [5.41, 5.74) is 1.85. The van der Waals surface area contributed by atoms with E-state index in [4.69, 9.17) is 0 Å². The van der Waals surface area contributed by atoms with Crippen molar-refractivity contribution in [2.75, 3.05) is 19.3 Å². The van der Waals surface area contributed by atoms with Crippen LogP contribution in [0.3, 0.4) is 0 Å². The molecular formula is C13H32NP. The number of rotatable bonds is 6. The third-order valence-electron chi connectivity index (χ3n) is 2.31. The summed E-state index contributed by atoms with van der Waals surface area (Å²) in [6.07, 6.45) is 2.83. The molecule has 1 nitrogen and oxygen atoms in total. The van der Waals surface area contributed by atoms with Crippen molar-refractivity contribution in [2.24, 2.45) is 0 Å². The van der Waals surface area contributed by atoms with Crippen molar-refractivity contribution in [2.45, 2.75) is 66.2 Å². The molecule has 0 bridgehead atoms. The van der Waals surface area contributed by atoms with Gasteiger partial charge in [0.05, 0.1) is 0 Å². The summed E-state index contributed by atoms with van der Waals surface area (Å²) in [5, 5.41) is 3.11. The first-order valence-electron chi connectivity index (χ1n) is 6.47. The Morgan fingerprint density at radius 2 is 1.27 bits per heavy atom. The Morgan fingerprint density at radius 1 is 0.867 bits per heavy atom. The highest BCUT2D eigenvalue weighted by atomic mass is 31.1. The molecule has 0 rings (SSSR count). The van der Waals surface area contributed by atoms with Crippen LogP contribution in [0.2, 0.25) is 0 Å². The molecule has 0 amide bonds. The van der Waals surface area contributed by atoms with Gasteiger partial charge < -0.3 is 5.32 Å². The molecule has 0 aromatic heterocycles. The standard InChI is InChI=1S/C9H21P.C4H11N/c1-6-7-10(8(2)3)9(4)5;1-3-5-4-2/h8-9H,6-7H2,1-5H3;5H,3-4H2,1-2H3. The summed E-state index contributed by atoms with van der Waals surface area (Å²) in [5.74, 6) is 0. The molecule has 0 aliphatic heterocycles. The molecule has 0 aromatic rings. The Hall–Kier alpha value is 0.390. The van der Waals surface area contributed by atoms with Crippen LogP contribution in [-0.2, 0) is 0 Å². The molecule has 0 atom stereocenters. The summed E-state index contributed by atoms with van der Waals surface area (Å²) in [6, 6.07) is 0. The van der Waals surface area contributed by atoms with E-state index in [1.165, 1.54) is 12.6 Å². The minimum Gasteiger partial charge on any atom is -0.317 e. The lowest BCUT2D eigenvalue weighted by molar-refractivity contribution is 0.762. The highest BCUT2D eigenvalue weighted by molar-refractivity contribution is 7.59. The predicted molar refractivity (Wildman–Crippen MR) is 76.6 cm³/mol. The Labute approximate surface area is 99.2 Å². The van der Waals surface area contributed by atoms with Gasteiger partial charge in [0.1, 0.15) is 0 Å². The van der Waals surface area contributed by atoms with Gasteiger partial charge in [-0.25, -0.2) is 0 Å². The van der Waals surface area contributed by atoms with Gasteiger partial charge in [0.2, 0.25) is 0 Å². The van der Waals surface area contributed by atoms with Gasteiger partial charge in [0, 0.05) is 0 Å². The summed E-state index contributed by atoms with van der Waals surface area (Å²) < 4.78 is 0. The minimum atomic E-state index is 0.321. The van der Waals surface area contributed by atoms with E-state index in [9.17, 15) is 0 Å². The third-order valence-corrected chi connectivity index (χ3v) is 5.93. The van der Waals surface area contributed by atoms with Crippen molar-refractivity contribution in [1.82, 2.24) is 5.32 Å². The highest BCUT2D eigenvalue weighted by Gasteiger charge is 2.14. The van der Waals surface area contributed by atoms with Crippen LogP contribution in [0.4, 0.5) is 0 Å². The van der Waals surface area contributed by atoms with E-state index < -0.39 is 0 Å². The first-order valence-corrected chi connectivity index (χ1v) is 8.14. The van der Waals surface area contributed by atoms with Crippen molar-refractivity contribution < 1.29 is 0 Å². The largest absolute Gasteiger partial charge is 0.317 e. The lowest BCUT2D eigenvalue weighted by Gasteiger charge is -2.24. The Bertz CT molecular complexity index is 103. The SMILES string of the molecule is CCCP(C(C)C)C(C)C.CCNCC. The number of hydrogen-bond donors (Lipinski definition) is 1. The van der Waals surface area contributed by atoms with Gasteiger partial charge in [0.15, 0.2) is 0 Å². The zero-order valence-electron chi connectivity index (χ0n) is 11.9. The molecule has 0 saturated carbocycles. The summed E-state index contributed by atoms with van der Waals surface area (Å²) in [6.45, 7) is 18.1. The predicted octanol–water partition coefficient (Wildman–Crippen LogP) is 4.31. The fourth-order valence-corrected chi connectivity index (χ4v) is 4.36. The van der Waals surface area contributed by atoms with Gasteiger partial charge in [0.25, 0.3) is 0 Å². The summed E-state index contributed by atoms with van der Waals surface area (Å²) in [7, 11) is 0.321. The molecule has 2 heteroatoms. The van der Waals surface area contributed by atoms with Gasteiger partial charge in [-0.05, 0) is 30.6 Å². The monoisotopic (exact) mass is 233 g/mol. The topological polar surface area (TPSA) is 12.0 Å². The maximum absolute atomic E-state index is 3.11. The van der Waals surface area contributed by atoms with E-state index in [1.54, 1.807) is 0 Å². The smallest absolute Gasteiger partial charge is 0.00775 e. The molecule has 0 heterocycles. The fraction of sp³-hybridized carbons (Fsp3) is 1.00. The quantitative estimate of drug-likeness (QED) is 0.674. The van der Waals surface area contributed by atoms with Gasteiger partial charge >= 0.3 is 0 Å². The van der Waals surface area contributed by atoms with Crippen molar-refractivity contribution in [3.05, 3.63) is 0 Å². The maximum Gasteiger partial charge on any atom is -0.00775 e. The molecule has 0 radical (unpaired) electrons. The molecule has 0 aliphatic rings. The van der Waals surface area contributed by atoms with Crippen molar-refractivity contribution in [1.29, 1.82) is 0 Å². The molecule has 15 heavy (non-hydrogen) atoms. The van der Waals surface area contributed by atoms with Gasteiger partial charge in [-0.15, -0.1) is 7.92 Å². The molecule has 0 fully saturated rings. The molecule has 94 valence electrons. The van der Waals surface area contributed by atoms with Crippen LogP contribution < -0.4 is 5.32 Å². The second-order valence-electron chi connectivity index (χ2n) is 4.38. The second kappa shape index (κ2) is 12.5. The second-order valence-corrected chi connectivity index (χ2v) is 7.92. The Morgan fingerprint density at radius 3 is 1.33 bits per heavy atom. The van der Waals surface area contributed by atoms with Crippen LogP contribution in [0.5, 0.6) is 0 Å². The number of nitrogens with one attached hydrogen (secondary N) is 1. The first kappa shape index (κ1) is 17.8. The number of hydrogen-bond acceptors (Lipinski definition) is 1. The molecule has 0 saturated heterocycles. The van der Waals surface area contributed by atoms with Crippen molar-refractivity contribution in [3.8, 4) is 0 Å². The molecular weight excluding hydrogens is 201 g/mol. The molecule has 0 spiro atoms. The van der Waals surface area contributed by atoms with E-state index in [0.29, 0.717) is 7.92 Å². The molecule has 0 aliphatic carbocycles. The Kier molecular flexibility index (Phi) is 14.8. The lowest BCUT2D eigenvalue weighted by atomic mass is 10.5. The first-order chi connectivity index (χ1) is 7.01. The van der Waals surface area contributed by atoms with E-state index in [-0.39, 0.29) is 0 Å². The van der Waals surface area contributed by atoms with Gasteiger partial charge in [-0.3, -0.25) is 0 Å². The molecule has 0 unspecified atom stereocenters. The Balaban J connectivity index is 0. The van der Waals surface area contributed by atoms with E-state index in [0.717, 1.165) is 24.4 Å². The van der Waals surface area contributed by atoms with Crippen LogP contribution in [0.1, 0.15) is 54.9 Å². The van der Waals surface area contributed by atoms with Gasteiger partial charge in [-0.2, -0.15) is 0 Å². The lowest BCUT2D eigenvalue weighted by Crippen LogP contribution is -2.09. The van der Waals surface area contributed by atoms with Gasteiger partial charge in [-0.1, -0.05) is 54.9 Å². The van der Waals surface area contributed by atoms with E-state index >= 15 is 0 Å². The van der Waals surface area contributed by atoms with Crippen LogP contribution in [0.25, 0.3) is 0 Å². The minimum absolute atomic E-state index is 0.321. The van der Waals surface area contributed by atoms with Crippen LogP contribution >= 0.6 is 7.92 Å².